The summed E-state index contributed by atoms with van der Waals surface area (Å²) in [7, 11) is 0. The number of hydrogen-bond acceptors (Lipinski definition) is 5. The molecule has 7 nitrogen and oxygen atoms in total. The third kappa shape index (κ3) is 3.85. The number of rotatable bonds is 4. The molecule has 1 fully saturated rings. The number of halogens is 1. The van der Waals surface area contributed by atoms with Gasteiger partial charge < -0.3 is 14.9 Å². The second kappa shape index (κ2) is 7.88. The third-order valence-corrected chi connectivity index (χ3v) is 5.75. The first kappa shape index (κ1) is 21.2. The summed E-state index contributed by atoms with van der Waals surface area (Å²) in [6.45, 7) is 3.82. The molecule has 1 aromatic heterocycles. The van der Waals surface area contributed by atoms with Crippen molar-refractivity contribution in [2.45, 2.75) is 44.3 Å². The van der Waals surface area contributed by atoms with Crippen molar-refractivity contribution in [1.82, 2.24) is 9.55 Å². The summed E-state index contributed by atoms with van der Waals surface area (Å²) >= 11 is 0. The molecule has 0 amide bonds. The van der Waals surface area contributed by atoms with Crippen LogP contribution in [0.1, 0.15) is 41.0 Å². The first-order valence-corrected chi connectivity index (χ1v) is 9.89. The summed E-state index contributed by atoms with van der Waals surface area (Å²) in [4.78, 5) is 25.6. The lowest BCUT2D eigenvalue weighted by atomic mass is 9.82. The zero-order valence-electron chi connectivity index (χ0n) is 17.1. The highest BCUT2D eigenvalue weighted by molar-refractivity contribution is 5.32. The Labute approximate surface area is 177 Å². The third-order valence-electron chi connectivity index (χ3n) is 5.75. The monoisotopic (exact) mass is 426 g/mol. The number of aromatic amines is 1. The molecule has 1 saturated heterocycles. The number of hydrogen-bond donors (Lipinski definition) is 3. The standard InChI is InChI=1S/C23H23FN2O5/c1-13-3-7-15(8-4-13)19(27)20-23(30,16-9-5-14(2)6-10-16)11-18(31-20)26-12-17(24)21(28)25-22(26)29/h3-10,12,18-20,27,30H,11H2,1-2H3,(H,25,28,29)/t18-,19?,20-,23-/m1/s1. The van der Waals surface area contributed by atoms with Gasteiger partial charge in [0.2, 0.25) is 5.82 Å². The second-order valence-electron chi connectivity index (χ2n) is 8.00. The lowest BCUT2D eigenvalue weighted by Gasteiger charge is -2.32. The summed E-state index contributed by atoms with van der Waals surface area (Å²) < 4.78 is 20.7. The van der Waals surface area contributed by atoms with Crippen LogP contribution in [0.5, 0.6) is 0 Å². The molecule has 0 aliphatic carbocycles. The van der Waals surface area contributed by atoms with Gasteiger partial charge >= 0.3 is 5.69 Å². The largest absolute Gasteiger partial charge is 0.386 e. The first-order chi connectivity index (χ1) is 14.7. The van der Waals surface area contributed by atoms with Crippen LogP contribution in [0.15, 0.2) is 64.3 Å². The van der Waals surface area contributed by atoms with Crippen LogP contribution >= 0.6 is 0 Å². The Morgan fingerprint density at radius 1 is 1.10 bits per heavy atom. The molecule has 3 N–H and O–H groups in total. The fraction of sp³-hybridized carbons (Fsp3) is 0.304. The molecule has 31 heavy (non-hydrogen) atoms. The highest BCUT2D eigenvalue weighted by Gasteiger charge is 2.52. The van der Waals surface area contributed by atoms with E-state index in [9.17, 15) is 24.2 Å². The van der Waals surface area contributed by atoms with E-state index in [1.807, 2.05) is 43.1 Å². The van der Waals surface area contributed by atoms with Crippen molar-refractivity contribution in [2.24, 2.45) is 0 Å². The average molecular weight is 426 g/mol. The van der Waals surface area contributed by atoms with Crippen molar-refractivity contribution in [3.8, 4) is 0 Å². The van der Waals surface area contributed by atoms with E-state index >= 15 is 0 Å². The minimum atomic E-state index is -1.67. The van der Waals surface area contributed by atoms with Crippen molar-refractivity contribution >= 4 is 0 Å². The molecule has 0 bridgehead atoms. The highest BCUT2D eigenvalue weighted by atomic mass is 19.1. The quantitative estimate of drug-likeness (QED) is 0.593. The minimum Gasteiger partial charge on any atom is -0.386 e. The van der Waals surface area contributed by atoms with E-state index in [1.54, 1.807) is 24.3 Å². The SMILES string of the molecule is Cc1ccc(C(O)[C@H]2O[C@@H](n3cc(F)c(=O)[nH]c3=O)C[C@@]2(O)c2ccc(C)cc2)cc1. The zero-order valence-corrected chi connectivity index (χ0v) is 17.1. The van der Waals surface area contributed by atoms with E-state index in [0.29, 0.717) is 11.1 Å². The Kier molecular flexibility index (Phi) is 5.38. The average Bonchev–Trinajstić information content (AvgIpc) is 3.09. The van der Waals surface area contributed by atoms with Crippen molar-refractivity contribution < 1.29 is 19.3 Å². The Bertz CT molecular complexity index is 1200. The van der Waals surface area contributed by atoms with Gasteiger partial charge in [0.25, 0.3) is 5.56 Å². The number of benzene rings is 2. The van der Waals surface area contributed by atoms with Gasteiger partial charge in [-0.3, -0.25) is 14.3 Å². The van der Waals surface area contributed by atoms with Crippen LogP contribution < -0.4 is 11.2 Å². The van der Waals surface area contributed by atoms with Gasteiger partial charge in [-0.05, 0) is 25.0 Å². The Balaban J connectivity index is 1.79. The Morgan fingerprint density at radius 2 is 1.68 bits per heavy atom. The highest BCUT2D eigenvalue weighted by Crippen LogP contribution is 2.47. The van der Waals surface area contributed by atoms with Gasteiger partial charge in [0, 0.05) is 6.42 Å². The summed E-state index contributed by atoms with van der Waals surface area (Å²) in [5.41, 5.74) is -0.661. The predicted molar refractivity (Wildman–Crippen MR) is 111 cm³/mol. The van der Waals surface area contributed by atoms with Gasteiger partial charge in [-0.25, -0.2) is 4.79 Å². The van der Waals surface area contributed by atoms with Gasteiger partial charge in [0.1, 0.15) is 24.0 Å². The molecular formula is C23H23FN2O5. The van der Waals surface area contributed by atoms with E-state index in [-0.39, 0.29) is 6.42 Å². The molecule has 0 saturated carbocycles. The zero-order chi connectivity index (χ0) is 22.3. The molecule has 2 heterocycles. The number of nitrogens with one attached hydrogen (secondary N) is 1. The van der Waals surface area contributed by atoms with E-state index in [4.69, 9.17) is 4.74 Å². The van der Waals surface area contributed by atoms with E-state index < -0.39 is 41.1 Å². The van der Waals surface area contributed by atoms with E-state index in [1.165, 1.54) is 0 Å². The van der Waals surface area contributed by atoms with E-state index in [2.05, 4.69) is 0 Å². The van der Waals surface area contributed by atoms with Crippen LogP contribution in [0.2, 0.25) is 0 Å². The number of aliphatic hydroxyl groups is 2. The van der Waals surface area contributed by atoms with Crippen molar-refractivity contribution in [3.05, 3.63) is 104 Å². The number of ether oxygens (including phenoxy) is 1. The smallest absolute Gasteiger partial charge is 0.330 e. The number of H-pyrrole nitrogens is 1. The molecule has 1 aliphatic heterocycles. The number of nitrogens with zero attached hydrogens (tertiary/aromatic N) is 1. The van der Waals surface area contributed by atoms with Crippen LogP contribution in [-0.4, -0.2) is 25.9 Å². The van der Waals surface area contributed by atoms with Gasteiger partial charge in [-0.1, -0.05) is 59.7 Å². The molecule has 1 unspecified atom stereocenters. The normalized spacial score (nSPS) is 24.3. The molecular weight excluding hydrogens is 403 g/mol. The molecule has 0 radical (unpaired) electrons. The van der Waals surface area contributed by atoms with Crippen LogP contribution in [0.25, 0.3) is 0 Å². The van der Waals surface area contributed by atoms with Crippen LogP contribution in [0.4, 0.5) is 4.39 Å². The Morgan fingerprint density at radius 3 is 2.29 bits per heavy atom. The summed E-state index contributed by atoms with van der Waals surface area (Å²) in [6.07, 6.45) is -2.85. The maximum atomic E-state index is 13.9. The van der Waals surface area contributed by atoms with Gasteiger partial charge in [-0.15, -0.1) is 0 Å². The fourth-order valence-electron chi connectivity index (χ4n) is 3.95. The van der Waals surface area contributed by atoms with Crippen molar-refractivity contribution in [1.29, 1.82) is 0 Å². The maximum Gasteiger partial charge on any atom is 0.330 e. The maximum absolute atomic E-state index is 13.9. The predicted octanol–water partition coefficient (Wildman–Crippen LogP) is 2.20. The van der Waals surface area contributed by atoms with Crippen LogP contribution in [0.3, 0.4) is 0 Å². The molecule has 4 rings (SSSR count). The van der Waals surface area contributed by atoms with E-state index in [0.717, 1.165) is 21.9 Å². The van der Waals surface area contributed by atoms with Gasteiger partial charge in [0.05, 0.1) is 6.20 Å². The molecule has 8 heteroatoms. The summed E-state index contributed by atoms with van der Waals surface area (Å²) in [5.74, 6) is -1.15. The van der Waals surface area contributed by atoms with Gasteiger partial charge in [-0.2, -0.15) is 4.39 Å². The fourth-order valence-corrected chi connectivity index (χ4v) is 3.95. The molecule has 4 atom stereocenters. The van der Waals surface area contributed by atoms with Crippen LogP contribution in [0, 0.1) is 19.7 Å². The number of aryl methyl sites for hydroxylation is 2. The molecule has 162 valence electrons. The molecule has 1 aliphatic rings. The number of aromatic nitrogens is 2. The lowest BCUT2D eigenvalue weighted by molar-refractivity contribution is -0.122. The number of aliphatic hydroxyl groups excluding tert-OH is 1. The topological polar surface area (TPSA) is 105 Å². The van der Waals surface area contributed by atoms with Crippen molar-refractivity contribution in [3.63, 3.8) is 0 Å². The second-order valence-corrected chi connectivity index (χ2v) is 8.00. The molecule has 2 aromatic carbocycles. The molecule has 3 aromatic rings. The molecule has 0 spiro atoms. The minimum absolute atomic E-state index is 0.130. The summed E-state index contributed by atoms with van der Waals surface area (Å²) in [6, 6.07) is 14.2. The first-order valence-electron chi connectivity index (χ1n) is 9.89. The van der Waals surface area contributed by atoms with Crippen molar-refractivity contribution in [2.75, 3.05) is 0 Å². The lowest BCUT2D eigenvalue weighted by Crippen LogP contribution is -2.39. The Hall–Kier alpha value is -3.07. The van der Waals surface area contributed by atoms with Crippen LogP contribution in [-0.2, 0) is 10.3 Å². The van der Waals surface area contributed by atoms with Gasteiger partial charge in [0.15, 0.2) is 0 Å². The summed E-state index contributed by atoms with van der Waals surface area (Å²) in [5, 5.41) is 22.8.